The van der Waals surface area contributed by atoms with Crippen LogP contribution in [0.5, 0.6) is 0 Å². The van der Waals surface area contributed by atoms with Gasteiger partial charge in [-0.25, -0.2) is 0 Å². The Bertz CT molecular complexity index is 203. The summed E-state index contributed by atoms with van der Waals surface area (Å²) in [5.74, 6) is 0.826. The molecule has 1 aromatic heterocycles. The van der Waals surface area contributed by atoms with Crippen LogP contribution in [-0.2, 0) is 6.42 Å². The van der Waals surface area contributed by atoms with Crippen molar-refractivity contribution in [2.75, 3.05) is 5.75 Å². The molecule has 0 N–H and O–H groups in total. The Hall–Kier alpha value is 0.490. The Labute approximate surface area is 76.8 Å². The molecule has 1 heterocycles. The van der Waals surface area contributed by atoms with E-state index in [0.29, 0.717) is 5.15 Å². The van der Waals surface area contributed by atoms with E-state index in [0.717, 1.165) is 29.6 Å². The molecule has 0 aliphatic heterocycles. The summed E-state index contributed by atoms with van der Waals surface area (Å²) in [7, 11) is 6.66. The molecular formula is C4H4Cl2N2S2. The van der Waals surface area contributed by atoms with Crippen molar-refractivity contribution in [2.45, 2.75) is 6.42 Å². The van der Waals surface area contributed by atoms with Crippen LogP contribution in [-0.4, -0.2) is 14.5 Å². The summed E-state index contributed by atoms with van der Waals surface area (Å²) < 4.78 is 7.79. The number of nitrogens with zero attached hydrogens (tertiary/aromatic N) is 2. The molecule has 6 heteroatoms. The lowest BCUT2D eigenvalue weighted by Gasteiger charge is -1.89. The van der Waals surface area contributed by atoms with Gasteiger partial charge in [0.05, 0.1) is 17.4 Å². The van der Waals surface area contributed by atoms with Crippen molar-refractivity contribution in [2.24, 2.45) is 0 Å². The van der Waals surface area contributed by atoms with Gasteiger partial charge >= 0.3 is 0 Å². The van der Waals surface area contributed by atoms with Crippen molar-refractivity contribution in [3.05, 3.63) is 10.8 Å². The summed E-state index contributed by atoms with van der Waals surface area (Å²) in [6.45, 7) is 0. The van der Waals surface area contributed by atoms with Crippen LogP contribution in [0.2, 0.25) is 5.15 Å². The first kappa shape index (κ1) is 8.59. The van der Waals surface area contributed by atoms with Gasteiger partial charge in [0, 0.05) is 12.2 Å². The van der Waals surface area contributed by atoms with E-state index in [-0.39, 0.29) is 0 Å². The molecule has 0 atom stereocenters. The van der Waals surface area contributed by atoms with Gasteiger partial charge in [0.1, 0.15) is 0 Å². The minimum atomic E-state index is 0.510. The van der Waals surface area contributed by atoms with Gasteiger partial charge in [-0.05, 0) is 10.7 Å². The third-order valence-electron chi connectivity index (χ3n) is 0.926. The summed E-state index contributed by atoms with van der Waals surface area (Å²) in [6, 6.07) is 0. The van der Waals surface area contributed by atoms with Gasteiger partial charge in [-0.3, -0.25) is 0 Å². The molecule has 10 heavy (non-hydrogen) atoms. The fraction of sp³-hybridized carbons (Fsp3) is 0.500. The monoisotopic (exact) mass is 214 g/mol. The molecule has 0 bridgehead atoms. The van der Waals surface area contributed by atoms with Crippen LogP contribution in [0.3, 0.4) is 0 Å². The third-order valence-corrected chi connectivity index (χ3v) is 2.72. The second-order valence-corrected chi connectivity index (χ2v) is 3.73. The molecule has 0 aromatic carbocycles. The third kappa shape index (κ3) is 2.27. The van der Waals surface area contributed by atoms with Crippen molar-refractivity contribution in [1.82, 2.24) is 8.75 Å². The van der Waals surface area contributed by atoms with Gasteiger partial charge in [-0.2, -0.15) is 8.75 Å². The summed E-state index contributed by atoms with van der Waals surface area (Å²) in [5.41, 5.74) is 0.847. The lowest BCUT2D eigenvalue weighted by Crippen LogP contribution is -1.86. The molecule has 0 amide bonds. The highest BCUT2D eigenvalue weighted by Gasteiger charge is 2.03. The van der Waals surface area contributed by atoms with Gasteiger partial charge in [0.25, 0.3) is 0 Å². The van der Waals surface area contributed by atoms with Gasteiger partial charge in [0.2, 0.25) is 0 Å². The molecule has 1 rings (SSSR count). The number of aryl methyl sites for hydroxylation is 1. The Morgan fingerprint density at radius 2 is 2.30 bits per heavy atom. The maximum Gasteiger partial charge on any atom is 0.166 e. The van der Waals surface area contributed by atoms with Crippen LogP contribution in [0, 0.1) is 0 Å². The number of aromatic nitrogens is 2. The van der Waals surface area contributed by atoms with Gasteiger partial charge in [0.15, 0.2) is 5.15 Å². The van der Waals surface area contributed by atoms with Crippen LogP contribution >= 0.6 is 45.0 Å². The zero-order valence-electron chi connectivity index (χ0n) is 4.88. The number of rotatable bonds is 3. The molecule has 1 aromatic rings. The molecule has 0 aliphatic carbocycles. The quantitative estimate of drug-likeness (QED) is 0.775. The normalized spacial score (nSPS) is 10.2. The Morgan fingerprint density at radius 3 is 2.80 bits per heavy atom. The maximum atomic E-state index is 5.66. The zero-order chi connectivity index (χ0) is 7.40. The Kier molecular flexibility index (Phi) is 3.76. The van der Waals surface area contributed by atoms with Crippen LogP contribution in [0.4, 0.5) is 0 Å². The minimum Gasteiger partial charge on any atom is -0.176 e. The number of hydrogen-bond donors (Lipinski definition) is 0. The van der Waals surface area contributed by atoms with E-state index < -0.39 is 0 Å². The smallest absolute Gasteiger partial charge is 0.166 e. The fourth-order valence-electron chi connectivity index (χ4n) is 0.480. The molecule has 0 radical (unpaired) electrons. The highest BCUT2D eigenvalue weighted by Crippen LogP contribution is 2.15. The standard InChI is InChI=1S/C4H4Cl2N2S2/c5-4-3(1-2-9-6)7-10-8-4/h1-2H2. The summed E-state index contributed by atoms with van der Waals surface area (Å²) >= 11 is 6.79. The predicted molar refractivity (Wildman–Crippen MR) is 46.9 cm³/mol. The van der Waals surface area contributed by atoms with E-state index >= 15 is 0 Å². The average molecular weight is 215 g/mol. The SMILES string of the molecule is ClSCCc1nsnc1Cl. The molecule has 56 valence electrons. The van der Waals surface area contributed by atoms with Crippen LogP contribution in [0.25, 0.3) is 0 Å². The van der Waals surface area contributed by atoms with Crippen LogP contribution < -0.4 is 0 Å². The summed E-state index contributed by atoms with van der Waals surface area (Å²) in [6.07, 6.45) is 0.795. The van der Waals surface area contributed by atoms with E-state index in [1.54, 1.807) is 0 Å². The largest absolute Gasteiger partial charge is 0.176 e. The Balaban J connectivity index is 2.49. The van der Waals surface area contributed by atoms with Crippen LogP contribution in [0.1, 0.15) is 5.69 Å². The predicted octanol–water partition coefficient (Wildman–Crippen LogP) is 2.62. The molecule has 2 nitrogen and oxygen atoms in total. The van der Waals surface area contributed by atoms with Gasteiger partial charge < -0.3 is 0 Å². The molecule has 0 unspecified atom stereocenters. The molecule has 0 saturated carbocycles. The molecular weight excluding hydrogens is 211 g/mol. The van der Waals surface area contributed by atoms with Crippen molar-refractivity contribution < 1.29 is 0 Å². The molecule has 0 spiro atoms. The summed E-state index contributed by atoms with van der Waals surface area (Å²) in [5, 5.41) is 0.510. The van der Waals surface area contributed by atoms with Crippen molar-refractivity contribution in [3.63, 3.8) is 0 Å². The highest BCUT2D eigenvalue weighted by molar-refractivity contribution is 8.21. The fourth-order valence-corrected chi connectivity index (χ4v) is 1.76. The van der Waals surface area contributed by atoms with E-state index in [1.165, 1.54) is 11.0 Å². The van der Waals surface area contributed by atoms with E-state index in [2.05, 4.69) is 8.75 Å². The van der Waals surface area contributed by atoms with E-state index in [9.17, 15) is 0 Å². The van der Waals surface area contributed by atoms with E-state index in [1.807, 2.05) is 0 Å². The van der Waals surface area contributed by atoms with Crippen molar-refractivity contribution in [3.8, 4) is 0 Å². The van der Waals surface area contributed by atoms with Crippen molar-refractivity contribution in [1.29, 1.82) is 0 Å². The van der Waals surface area contributed by atoms with Crippen LogP contribution in [0.15, 0.2) is 0 Å². The lowest BCUT2D eigenvalue weighted by molar-refractivity contribution is 1.10. The highest BCUT2D eigenvalue weighted by atomic mass is 35.7. The first-order valence-corrected chi connectivity index (χ1v) is 5.47. The second-order valence-electron chi connectivity index (χ2n) is 1.56. The topological polar surface area (TPSA) is 25.8 Å². The maximum absolute atomic E-state index is 5.66. The van der Waals surface area contributed by atoms with Crippen molar-refractivity contribution >= 4 is 45.0 Å². The summed E-state index contributed by atoms with van der Waals surface area (Å²) in [4.78, 5) is 0. The minimum absolute atomic E-state index is 0.510. The second kappa shape index (κ2) is 4.38. The number of halogens is 2. The first-order valence-electron chi connectivity index (χ1n) is 2.55. The number of hydrogen-bond acceptors (Lipinski definition) is 4. The van der Waals surface area contributed by atoms with Gasteiger partial charge in [-0.1, -0.05) is 22.6 Å². The average Bonchev–Trinajstić information content (AvgIpc) is 2.31. The molecule has 0 fully saturated rings. The van der Waals surface area contributed by atoms with E-state index in [4.69, 9.17) is 22.3 Å². The molecule has 0 aliphatic rings. The van der Waals surface area contributed by atoms with Gasteiger partial charge in [-0.15, -0.1) is 0 Å². The molecule has 0 saturated heterocycles. The zero-order valence-corrected chi connectivity index (χ0v) is 8.03. The lowest BCUT2D eigenvalue weighted by atomic mass is 10.4. The Morgan fingerprint density at radius 1 is 1.50 bits per heavy atom. The first-order chi connectivity index (χ1) is 4.84.